The first-order valence-corrected chi connectivity index (χ1v) is 6.09. The third kappa shape index (κ3) is 6.13. The molecule has 0 amide bonds. The van der Waals surface area contributed by atoms with Crippen molar-refractivity contribution < 1.29 is 14.6 Å². The summed E-state index contributed by atoms with van der Waals surface area (Å²) in [4.78, 5) is 0. The molecule has 1 fully saturated rings. The van der Waals surface area contributed by atoms with Gasteiger partial charge in [0.05, 0.1) is 24.9 Å². The summed E-state index contributed by atoms with van der Waals surface area (Å²) in [5, 5.41) is 9.61. The largest absolute Gasteiger partial charge is 0.391 e. The molecular formula is C12H24O3. The lowest BCUT2D eigenvalue weighted by atomic mass is 10.1. The van der Waals surface area contributed by atoms with Crippen molar-refractivity contribution in [3.05, 3.63) is 0 Å². The molecule has 0 aliphatic carbocycles. The minimum Gasteiger partial charge on any atom is -0.391 e. The first-order chi connectivity index (χ1) is 7.18. The number of aliphatic hydroxyl groups is 1. The Balaban J connectivity index is 1.93. The van der Waals surface area contributed by atoms with Crippen molar-refractivity contribution in [2.45, 2.75) is 64.3 Å². The van der Waals surface area contributed by atoms with Crippen LogP contribution in [0.25, 0.3) is 0 Å². The quantitative estimate of drug-likeness (QED) is 0.708. The fourth-order valence-electron chi connectivity index (χ4n) is 1.84. The summed E-state index contributed by atoms with van der Waals surface area (Å²) in [6.07, 6.45) is 5.68. The van der Waals surface area contributed by atoms with E-state index in [-0.39, 0.29) is 12.2 Å². The van der Waals surface area contributed by atoms with Gasteiger partial charge in [-0.25, -0.2) is 0 Å². The normalized spacial score (nSPS) is 23.6. The van der Waals surface area contributed by atoms with Crippen molar-refractivity contribution in [3.63, 3.8) is 0 Å². The van der Waals surface area contributed by atoms with E-state index >= 15 is 0 Å². The highest BCUT2D eigenvalue weighted by Crippen LogP contribution is 2.18. The van der Waals surface area contributed by atoms with Gasteiger partial charge in [-0.3, -0.25) is 0 Å². The second-order valence-electron chi connectivity index (χ2n) is 4.60. The molecule has 0 radical (unpaired) electrons. The summed E-state index contributed by atoms with van der Waals surface area (Å²) in [5.41, 5.74) is 0. The maximum Gasteiger partial charge on any atom is 0.0773 e. The van der Waals surface area contributed by atoms with Gasteiger partial charge < -0.3 is 14.6 Å². The fraction of sp³-hybridized carbons (Fsp3) is 1.00. The van der Waals surface area contributed by atoms with Gasteiger partial charge >= 0.3 is 0 Å². The van der Waals surface area contributed by atoms with Crippen LogP contribution in [-0.2, 0) is 9.47 Å². The van der Waals surface area contributed by atoms with E-state index in [1.165, 1.54) is 12.8 Å². The first kappa shape index (κ1) is 12.9. The highest BCUT2D eigenvalue weighted by molar-refractivity contribution is 4.66. The van der Waals surface area contributed by atoms with Crippen molar-refractivity contribution in [1.29, 1.82) is 0 Å². The Kier molecular flexibility index (Phi) is 6.22. The van der Waals surface area contributed by atoms with Crippen molar-refractivity contribution in [2.24, 2.45) is 0 Å². The van der Waals surface area contributed by atoms with E-state index in [0.29, 0.717) is 12.7 Å². The Morgan fingerprint density at radius 2 is 2.27 bits per heavy atom. The van der Waals surface area contributed by atoms with Crippen LogP contribution in [0.1, 0.15) is 46.0 Å². The maximum atomic E-state index is 9.61. The Bertz CT molecular complexity index is 153. The molecule has 0 aromatic heterocycles. The van der Waals surface area contributed by atoms with Crippen LogP contribution in [0, 0.1) is 0 Å². The third-order valence-corrected chi connectivity index (χ3v) is 2.71. The molecule has 0 spiro atoms. The molecule has 2 atom stereocenters. The number of hydrogen-bond acceptors (Lipinski definition) is 3. The zero-order valence-electron chi connectivity index (χ0n) is 9.95. The van der Waals surface area contributed by atoms with E-state index in [9.17, 15) is 5.11 Å². The van der Waals surface area contributed by atoms with Crippen molar-refractivity contribution >= 4 is 0 Å². The van der Waals surface area contributed by atoms with E-state index in [0.717, 1.165) is 25.9 Å². The highest BCUT2D eigenvalue weighted by Gasteiger charge is 2.15. The van der Waals surface area contributed by atoms with Crippen LogP contribution >= 0.6 is 0 Å². The third-order valence-electron chi connectivity index (χ3n) is 2.71. The van der Waals surface area contributed by atoms with Gasteiger partial charge in [0, 0.05) is 6.61 Å². The van der Waals surface area contributed by atoms with Crippen LogP contribution in [0.2, 0.25) is 0 Å². The summed E-state index contributed by atoms with van der Waals surface area (Å²) in [5.74, 6) is 0. The van der Waals surface area contributed by atoms with E-state index in [4.69, 9.17) is 9.47 Å². The lowest BCUT2D eigenvalue weighted by Gasteiger charge is -2.14. The van der Waals surface area contributed by atoms with Gasteiger partial charge in [0.1, 0.15) is 0 Å². The smallest absolute Gasteiger partial charge is 0.0773 e. The first-order valence-electron chi connectivity index (χ1n) is 6.09. The second-order valence-corrected chi connectivity index (χ2v) is 4.60. The number of ether oxygens (including phenoxy) is 2. The predicted molar refractivity (Wildman–Crippen MR) is 59.9 cm³/mol. The van der Waals surface area contributed by atoms with Crippen molar-refractivity contribution in [3.8, 4) is 0 Å². The average Bonchev–Trinajstić information content (AvgIpc) is 2.67. The van der Waals surface area contributed by atoms with E-state index in [1.54, 1.807) is 0 Å². The van der Waals surface area contributed by atoms with Crippen LogP contribution < -0.4 is 0 Å². The SMILES string of the molecule is CC(C)OCC(O)CCCC1CCCO1. The fourth-order valence-corrected chi connectivity index (χ4v) is 1.84. The van der Waals surface area contributed by atoms with Crippen LogP contribution in [0.15, 0.2) is 0 Å². The summed E-state index contributed by atoms with van der Waals surface area (Å²) >= 11 is 0. The minimum atomic E-state index is -0.311. The van der Waals surface area contributed by atoms with Crippen molar-refractivity contribution in [2.75, 3.05) is 13.2 Å². The van der Waals surface area contributed by atoms with Crippen LogP contribution in [-0.4, -0.2) is 36.6 Å². The Morgan fingerprint density at radius 3 is 2.87 bits per heavy atom. The molecule has 1 N–H and O–H groups in total. The van der Waals surface area contributed by atoms with Gasteiger partial charge in [-0.1, -0.05) is 0 Å². The maximum absolute atomic E-state index is 9.61. The monoisotopic (exact) mass is 216 g/mol. The number of hydrogen-bond donors (Lipinski definition) is 1. The Labute approximate surface area is 92.8 Å². The summed E-state index contributed by atoms with van der Waals surface area (Å²) < 4.78 is 10.9. The average molecular weight is 216 g/mol. The molecule has 0 bridgehead atoms. The highest BCUT2D eigenvalue weighted by atomic mass is 16.5. The van der Waals surface area contributed by atoms with E-state index < -0.39 is 0 Å². The molecule has 1 heterocycles. The van der Waals surface area contributed by atoms with E-state index in [1.807, 2.05) is 13.8 Å². The van der Waals surface area contributed by atoms with Gasteiger partial charge in [0.15, 0.2) is 0 Å². The van der Waals surface area contributed by atoms with Gasteiger partial charge in [0.2, 0.25) is 0 Å². The number of aliphatic hydroxyl groups excluding tert-OH is 1. The minimum absolute atomic E-state index is 0.206. The summed E-state index contributed by atoms with van der Waals surface area (Å²) in [6, 6.07) is 0. The van der Waals surface area contributed by atoms with Gasteiger partial charge in [-0.05, 0) is 46.0 Å². The molecule has 1 aliphatic heterocycles. The summed E-state index contributed by atoms with van der Waals surface area (Å²) in [7, 11) is 0. The molecule has 0 saturated carbocycles. The Hall–Kier alpha value is -0.120. The Morgan fingerprint density at radius 1 is 1.47 bits per heavy atom. The molecule has 1 aliphatic rings. The standard InChI is InChI=1S/C12H24O3/c1-10(2)15-9-11(13)5-3-6-12-7-4-8-14-12/h10-13H,3-9H2,1-2H3. The lowest BCUT2D eigenvalue weighted by molar-refractivity contribution is 0.0000951. The van der Waals surface area contributed by atoms with Crippen LogP contribution in [0.5, 0.6) is 0 Å². The molecule has 3 heteroatoms. The van der Waals surface area contributed by atoms with E-state index in [2.05, 4.69) is 0 Å². The zero-order valence-corrected chi connectivity index (χ0v) is 9.95. The van der Waals surface area contributed by atoms with Gasteiger partial charge in [-0.2, -0.15) is 0 Å². The van der Waals surface area contributed by atoms with Crippen LogP contribution in [0.3, 0.4) is 0 Å². The molecule has 0 aromatic carbocycles. The molecule has 90 valence electrons. The van der Waals surface area contributed by atoms with Crippen LogP contribution in [0.4, 0.5) is 0 Å². The lowest BCUT2D eigenvalue weighted by Crippen LogP contribution is -2.18. The van der Waals surface area contributed by atoms with Gasteiger partial charge in [0.25, 0.3) is 0 Å². The predicted octanol–water partition coefficient (Wildman–Crippen LogP) is 2.12. The molecule has 2 unspecified atom stereocenters. The molecule has 1 rings (SSSR count). The van der Waals surface area contributed by atoms with Gasteiger partial charge in [-0.15, -0.1) is 0 Å². The molecule has 1 saturated heterocycles. The topological polar surface area (TPSA) is 38.7 Å². The molecular weight excluding hydrogens is 192 g/mol. The molecule has 3 nitrogen and oxygen atoms in total. The summed E-state index contributed by atoms with van der Waals surface area (Å²) in [6.45, 7) is 5.35. The second kappa shape index (κ2) is 7.20. The van der Waals surface area contributed by atoms with Crippen molar-refractivity contribution in [1.82, 2.24) is 0 Å². The molecule has 15 heavy (non-hydrogen) atoms. The molecule has 0 aromatic rings. The zero-order chi connectivity index (χ0) is 11.1. The number of rotatable bonds is 7.